The zero-order valence-corrected chi connectivity index (χ0v) is 10.5. The lowest BCUT2D eigenvalue weighted by Gasteiger charge is -2.29. The van der Waals surface area contributed by atoms with Crippen LogP contribution in [0.3, 0.4) is 0 Å². The van der Waals surface area contributed by atoms with Gasteiger partial charge in [0.15, 0.2) is 0 Å². The molecule has 92 valence electrons. The van der Waals surface area contributed by atoms with E-state index in [0.29, 0.717) is 23.6 Å². The molecule has 0 bridgehead atoms. The molecule has 0 aromatic carbocycles. The lowest BCUT2D eigenvalue weighted by atomic mass is 9.98. The molecule has 0 spiro atoms. The lowest BCUT2D eigenvalue weighted by molar-refractivity contribution is 0.0536. The Balaban J connectivity index is 2.07. The van der Waals surface area contributed by atoms with Gasteiger partial charge in [-0.2, -0.15) is 0 Å². The molecule has 3 N–H and O–H groups in total. The third-order valence-corrected chi connectivity index (χ3v) is 3.07. The van der Waals surface area contributed by atoms with E-state index >= 15 is 0 Å². The van der Waals surface area contributed by atoms with E-state index < -0.39 is 0 Å². The number of nitrogens with zero attached hydrogens (tertiary/aromatic N) is 2. The molecule has 0 aliphatic carbocycles. The van der Waals surface area contributed by atoms with E-state index in [0.717, 1.165) is 19.6 Å². The third kappa shape index (κ3) is 3.10. The van der Waals surface area contributed by atoms with Crippen molar-refractivity contribution in [2.75, 3.05) is 18.5 Å². The van der Waals surface area contributed by atoms with Gasteiger partial charge in [0.05, 0.1) is 6.61 Å². The van der Waals surface area contributed by atoms with E-state index in [4.69, 9.17) is 22.7 Å². The molecule has 1 saturated heterocycles. The van der Waals surface area contributed by atoms with E-state index in [1.807, 2.05) is 0 Å². The van der Waals surface area contributed by atoms with Gasteiger partial charge in [-0.1, -0.05) is 19.1 Å². The Kier molecular flexibility index (Phi) is 3.86. The van der Waals surface area contributed by atoms with Crippen LogP contribution < -0.4 is 11.1 Å². The summed E-state index contributed by atoms with van der Waals surface area (Å²) in [7, 11) is 0. The molecule has 0 amide bonds. The average Bonchev–Trinajstić information content (AvgIpc) is 2.32. The summed E-state index contributed by atoms with van der Waals surface area (Å²) in [6, 6.07) is 2.05. The number of hydrogen-bond acceptors (Lipinski definition) is 5. The number of anilines is 1. The van der Waals surface area contributed by atoms with E-state index in [9.17, 15) is 0 Å². The molecule has 1 aromatic rings. The zero-order valence-electron chi connectivity index (χ0n) is 9.72. The average molecular weight is 252 g/mol. The van der Waals surface area contributed by atoms with E-state index in [1.165, 1.54) is 0 Å². The Morgan fingerprint density at radius 1 is 1.65 bits per heavy atom. The SMILES string of the molecule is CC1COCCC1Nc1nccc(C(N)=S)n1. The highest BCUT2D eigenvalue weighted by atomic mass is 32.1. The highest BCUT2D eigenvalue weighted by Crippen LogP contribution is 2.17. The molecular formula is C11H16N4OS. The van der Waals surface area contributed by atoms with Gasteiger partial charge in [0.1, 0.15) is 10.7 Å². The van der Waals surface area contributed by atoms with Crippen molar-refractivity contribution < 1.29 is 4.74 Å². The van der Waals surface area contributed by atoms with Crippen molar-refractivity contribution in [1.29, 1.82) is 0 Å². The number of thiocarbonyl (C=S) groups is 1. The van der Waals surface area contributed by atoms with E-state index in [-0.39, 0.29) is 4.99 Å². The summed E-state index contributed by atoms with van der Waals surface area (Å²) in [6.45, 7) is 3.69. The Morgan fingerprint density at radius 2 is 2.47 bits per heavy atom. The normalized spacial score (nSPS) is 24.3. The lowest BCUT2D eigenvalue weighted by Crippen LogP contribution is -2.36. The number of rotatable bonds is 3. The minimum absolute atomic E-state index is 0.287. The van der Waals surface area contributed by atoms with Crippen LogP contribution >= 0.6 is 12.2 Å². The van der Waals surface area contributed by atoms with Crippen LogP contribution in [0.4, 0.5) is 5.95 Å². The van der Waals surface area contributed by atoms with E-state index in [1.54, 1.807) is 12.3 Å². The van der Waals surface area contributed by atoms with Gasteiger partial charge >= 0.3 is 0 Å². The molecule has 2 rings (SSSR count). The minimum Gasteiger partial charge on any atom is -0.388 e. The summed E-state index contributed by atoms with van der Waals surface area (Å²) < 4.78 is 5.39. The van der Waals surface area contributed by atoms with Gasteiger partial charge in [0.25, 0.3) is 0 Å². The van der Waals surface area contributed by atoms with Gasteiger partial charge in [0.2, 0.25) is 5.95 Å². The number of nitrogens with one attached hydrogen (secondary N) is 1. The fourth-order valence-corrected chi connectivity index (χ4v) is 1.94. The standard InChI is InChI=1S/C11H16N4OS/c1-7-6-16-5-3-8(7)14-11-13-4-2-9(15-11)10(12)17/h2,4,7-8H,3,5-6H2,1H3,(H2,12,17)(H,13,14,15). The molecule has 1 aromatic heterocycles. The third-order valence-electron chi connectivity index (χ3n) is 2.86. The highest BCUT2D eigenvalue weighted by molar-refractivity contribution is 7.80. The van der Waals surface area contributed by atoms with Crippen molar-refractivity contribution >= 4 is 23.2 Å². The molecule has 5 nitrogen and oxygen atoms in total. The number of aromatic nitrogens is 2. The van der Waals surface area contributed by atoms with Gasteiger partial charge < -0.3 is 15.8 Å². The predicted octanol–water partition coefficient (Wildman–Crippen LogP) is 0.948. The molecule has 6 heteroatoms. The van der Waals surface area contributed by atoms with Crippen LogP contribution in [0.25, 0.3) is 0 Å². The Morgan fingerprint density at radius 3 is 3.18 bits per heavy atom. The first kappa shape index (κ1) is 12.2. The van der Waals surface area contributed by atoms with Crippen molar-refractivity contribution in [3.05, 3.63) is 18.0 Å². The second kappa shape index (κ2) is 5.37. The monoisotopic (exact) mass is 252 g/mol. The summed E-state index contributed by atoms with van der Waals surface area (Å²) in [6.07, 6.45) is 2.62. The van der Waals surface area contributed by atoms with Gasteiger partial charge in [-0.3, -0.25) is 0 Å². The zero-order chi connectivity index (χ0) is 12.3. The van der Waals surface area contributed by atoms with Crippen molar-refractivity contribution in [3.63, 3.8) is 0 Å². The summed E-state index contributed by atoms with van der Waals surface area (Å²) in [5.74, 6) is 1.02. The Bertz CT molecular complexity index is 412. The number of nitrogens with two attached hydrogens (primary N) is 1. The first-order valence-corrected chi connectivity index (χ1v) is 6.05. The van der Waals surface area contributed by atoms with Gasteiger partial charge in [-0.25, -0.2) is 9.97 Å². The second-order valence-electron chi connectivity index (χ2n) is 4.22. The topological polar surface area (TPSA) is 73.1 Å². The molecule has 1 aliphatic rings. The maximum absolute atomic E-state index is 5.54. The molecule has 2 unspecified atom stereocenters. The largest absolute Gasteiger partial charge is 0.388 e. The summed E-state index contributed by atoms with van der Waals surface area (Å²) in [5.41, 5.74) is 6.13. The number of hydrogen-bond donors (Lipinski definition) is 2. The summed E-state index contributed by atoms with van der Waals surface area (Å²) in [4.78, 5) is 8.73. The van der Waals surface area contributed by atoms with Crippen LogP contribution in [-0.4, -0.2) is 34.2 Å². The molecule has 17 heavy (non-hydrogen) atoms. The quantitative estimate of drug-likeness (QED) is 0.780. The first-order chi connectivity index (χ1) is 8.16. The van der Waals surface area contributed by atoms with E-state index in [2.05, 4.69) is 22.2 Å². The number of ether oxygens (including phenoxy) is 1. The van der Waals surface area contributed by atoms with Crippen LogP contribution in [0.1, 0.15) is 19.0 Å². The molecule has 0 radical (unpaired) electrons. The van der Waals surface area contributed by atoms with Gasteiger partial charge in [-0.15, -0.1) is 0 Å². The molecule has 1 fully saturated rings. The molecule has 0 saturated carbocycles. The van der Waals surface area contributed by atoms with Crippen molar-refractivity contribution in [2.24, 2.45) is 11.7 Å². The smallest absolute Gasteiger partial charge is 0.223 e. The van der Waals surface area contributed by atoms with Crippen molar-refractivity contribution in [1.82, 2.24) is 9.97 Å². The molecule has 2 heterocycles. The van der Waals surface area contributed by atoms with Crippen LogP contribution in [0.5, 0.6) is 0 Å². The minimum atomic E-state index is 0.287. The Hall–Kier alpha value is -1.27. The Labute approximate surface area is 106 Å². The summed E-state index contributed by atoms with van der Waals surface area (Å²) in [5, 5.41) is 3.31. The second-order valence-corrected chi connectivity index (χ2v) is 4.66. The highest BCUT2D eigenvalue weighted by Gasteiger charge is 2.22. The molecule has 1 aliphatic heterocycles. The molecule has 2 atom stereocenters. The van der Waals surface area contributed by atoms with Crippen LogP contribution in [0.15, 0.2) is 12.3 Å². The maximum atomic E-state index is 5.54. The predicted molar refractivity (Wildman–Crippen MR) is 69.9 cm³/mol. The van der Waals surface area contributed by atoms with Crippen molar-refractivity contribution in [3.8, 4) is 0 Å². The fourth-order valence-electron chi connectivity index (χ4n) is 1.83. The first-order valence-electron chi connectivity index (χ1n) is 5.64. The molecular weight excluding hydrogens is 236 g/mol. The van der Waals surface area contributed by atoms with Crippen molar-refractivity contribution in [2.45, 2.75) is 19.4 Å². The van der Waals surface area contributed by atoms with Gasteiger partial charge in [0, 0.05) is 18.8 Å². The van der Waals surface area contributed by atoms with Crippen LogP contribution in [-0.2, 0) is 4.74 Å². The van der Waals surface area contributed by atoms with Crippen LogP contribution in [0, 0.1) is 5.92 Å². The maximum Gasteiger partial charge on any atom is 0.223 e. The summed E-state index contributed by atoms with van der Waals surface area (Å²) >= 11 is 4.89. The van der Waals surface area contributed by atoms with Crippen LogP contribution in [0.2, 0.25) is 0 Å². The fraction of sp³-hybridized carbons (Fsp3) is 0.545. The van der Waals surface area contributed by atoms with Gasteiger partial charge in [-0.05, 0) is 18.4 Å².